The fraction of sp³-hybridized carbons (Fsp3) is 0.333. The second-order valence-corrected chi connectivity index (χ2v) is 3.65. The van der Waals surface area contributed by atoms with E-state index in [1.807, 2.05) is 0 Å². The van der Waals surface area contributed by atoms with E-state index in [0.29, 0.717) is 0 Å². The topological polar surface area (TPSA) is 104 Å². The predicted octanol–water partition coefficient (Wildman–Crippen LogP) is 0.105. The minimum absolute atomic E-state index is 0.00833. The molecule has 0 aliphatic rings. The summed E-state index contributed by atoms with van der Waals surface area (Å²) in [6.45, 7) is 0.194. The lowest BCUT2D eigenvalue weighted by Crippen LogP contribution is -2.25. The summed E-state index contributed by atoms with van der Waals surface area (Å²) >= 11 is 0. The van der Waals surface area contributed by atoms with Crippen LogP contribution in [0, 0.1) is 0 Å². The number of phenols is 1. The lowest BCUT2D eigenvalue weighted by molar-refractivity contribution is -0.00567. The number of hydrogen-bond acceptors (Lipinski definition) is 6. The second-order valence-electron chi connectivity index (χ2n) is 3.65. The van der Waals surface area contributed by atoms with Gasteiger partial charge in [0, 0.05) is 0 Å². The predicted molar refractivity (Wildman–Crippen MR) is 61.5 cm³/mol. The summed E-state index contributed by atoms with van der Waals surface area (Å²) in [7, 11) is 0. The first kappa shape index (κ1) is 14.1. The molecule has 1 aromatic carbocycles. The van der Waals surface area contributed by atoms with Crippen LogP contribution in [-0.2, 0) is 4.74 Å². The van der Waals surface area contributed by atoms with Crippen molar-refractivity contribution in [2.45, 2.75) is 13.0 Å². The van der Waals surface area contributed by atoms with Crippen molar-refractivity contribution in [3.8, 4) is 5.75 Å². The van der Waals surface area contributed by atoms with Crippen LogP contribution in [0.1, 0.15) is 27.6 Å². The van der Waals surface area contributed by atoms with Crippen molar-refractivity contribution in [1.29, 1.82) is 0 Å². The minimum Gasteiger partial charge on any atom is -0.506 e. The molecule has 0 radical (unpaired) electrons. The molecule has 1 rings (SSSR count). The monoisotopic (exact) mass is 254 g/mol. The number of aromatic hydroxyl groups is 1. The number of ether oxygens (including phenoxy) is 1. The summed E-state index contributed by atoms with van der Waals surface area (Å²) in [6, 6.07) is 4.10. The molecule has 1 aromatic rings. The van der Waals surface area contributed by atoms with Crippen LogP contribution >= 0.6 is 0 Å². The average Bonchev–Trinajstić information content (AvgIpc) is 2.35. The van der Waals surface area contributed by atoms with Gasteiger partial charge < -0.3 is 20.1 Å². The fourth-order valence-electron chi connectivity index (χ4n) is 1.34. The van der Waals surface area contributed by atoms with E-state index in [1.165, 1.54) is 25.1 Å². The Morgan fingerprint density at radius 3 is 2.28 bits per heavy atom. The molecule has 0 amide bonds. The average molecular weight is 254 g/mol. The summed E-state index contributed by atoms with van der Waals surface area (Å²) in [5.41, 5.74) is -0.177. The molecular formula is C12H14O6. The van der Waals surface area contributed by atoms with Crippen LogP contribution in [0.4, 0.5) is 0 Å². The Bertz CT molecular complexity index is 450. The van der Waals surface area contributed by atoms with Crippen LogP contribution in [0.3, 0.4) is 0 Å². The number of carbonyl (C=O) groups is 2. The Labute approximate surface area is 103 Å². The van der Waals surface area contributed by atoms with Crippen molar-refractivity contribution in [3.63, 3.8) is 0 Å². The molecule has 6 nitrogen and oxygen atoms in total. The van der Waals surface area contributed by atoms with Crippen LogP contribution in [-0.4, -0.2) is 46.4 Å². The Kier molecular flexibility index (Phi) is 4.82. The van der Waals surface area contributed by atoms with Gasteiger partial charge >= 0.3 is 5.97 Å². The van der Waals surface area contributed by atoms with E-state index in [0.717, 1.165) is 0 Å². The quantitative estimate of drug-likeness (QED) is 0.508. The highest BCUT2D eigenvalue weighted by Gasteiger charge is 2.20. The Balaban J connectivity index is 2.99. The van der Waals surface area contributed by atoms with Gasteiger partial charge in [-0.15, -0.1) is 0 Å². The molecule has 0 bridgehead atoms. The zero-order valence-corrected chi connectivity index (χ0v) is 9.79. The summed E-state index contributed by atoms with van der Waals surface area (Å²) in [6.07, 6.45) is -1.06. The maximum atomic E-state index is 11.7. The molecule has 0 saturated carbocycles. The van der Waals surface area contributed by atoms with E-state index in [2.05, 4.69) is 0 Å². The zero-order chi connectivity index (χ0) is 13.7. The molecule has 0 heterocycles. The van der Waals surface area contributed by atoms with Crippen molar-refractivity contribution < 1.29 is 29.6 Å². The molecular weight excluding hydrogens is 240 g/mol. The third kappa shape index (κ3) is 3.06. The number of hydrogen-bond donors (Lipinski definition) is 3. The number of rotatable bonds is 5. The number of benzene rings is 1. The van der Waals surface area contributed by atoms with Gasteiger partial charge in [0.25, 0.3) is 0 Å². The van der Waals surface area contributed by atoms with Gasteiger partial charge in [-0.25, -0.2) is 4.79 Å². The third-order valence-electron chi connectivity index (χ3n) is 2.32. The first-order valence-corrected chi connectivity index (χ1v) is 5.26. The number of aliphatic hydroxyl groups excluding tert-OH is 2. The summed E-state index contributed by atoms with van der Waals surface area (Å²) < 4.78 is 4.74. The second kappa shape index (κ2) is 6.13. The van der Waals surface area contributed by atoms with Gasteiger partial charge in [-0.2, -0.15) is 0 Å². The van der Waals surface area contributed by atoms with Gasteiger partial charge in [0.15, 0.2) is 5.78 Å². The lowest BCUT2D eigenvalue weighted by Gasteiger charge is -2.13. The maximum absolute atomic E-state index is 11.7. The smallest absolute Gasteiger partial charge is 0.342 e. The Morgan fingerprint density at radius 1 is 1.22 bits per heavy atom. The van der Waals surface area contributed by atoms with E-state index in [4.69, 9.17) is 14.9 Å². The largest absolute Gasteiger partial charge is 0.506 e. The van der Waals surface area contributed by atoms with Crippen molar-refractivity contribution in [3.05, 3.63) is 29.3 Å². The van der Waals surface area contributed by atoms with Crippen molar-refractivity contribution >= 4 is 11.8 Å². The number of esters is 1. The van der Waals surface area contributed by atoms with Gasteiger partial charge in [-0.3, -0.25) is 4.79 Å². The summed E-state index contributed by atoms with van der Waals surface area (Å²) in [5, 5.41) is 27.3. The molecule has 3 N–H and O–H groups in total. The first-order chi connectivity index (χ1) is 8.51. The molecule has 18 heavy (non-hydrogen) atoms. The molecule has 98 valence electrons. The van der Waals surface area contributed by atoms with Crippen molar-refractivity contribution in [2.75, 3.05) is 13.2 Å². The molecule has 0 saturated heterocycles. The Morgan fingerprint density at radius 2 is 1.78 bits per heavy atom. The SMILES string of the molecule is CC(=O)c1cccc(C(=O)OC(CO)CO)c1O. The normalized spacial score (nSPS) is 10.4. The first-order valence-electron chi connectivity index (χ1n) is 5.26. The van der Waals surface area contributed by atoms with Crippen LogP contribution in [0.2, 0.25) is 0 Å². The fourth-order valence-corrected chi connectivity index (χ4v) is 1.34. The van der Waals surface area contributed by atoms with Gasteiger partial charge in [0.2, 0.25) is 0 Å². The van der Waals surface area contributed by atoms with Gasteiger partial charge in [0.1, 0.15) is 17.4 Å². The summed E-state index contributed by atoms with van der Waals surface area (Å²) in [5.74, 6) is -1.77. The van der Waals surface area contributed by atoms with Gasteiger partial charge in [-0.1, -0.05) is 6.07 Å². The van der Waals surface area contributed by atoms with Crippen LogP contribution in [0.15, 0.2) is 18.2 Å². The highest BCUT2D eigenvalue weighted by atomic mass is 16.6. The van der Waals surface area contributed by atoms with Crippen LogP contribution in [0.5, 0.6) is 5.75 Å². The van der Waals surface area contributed by atoms with E-state index in [1.54, 1.807) is 0 Å². The molecule has 0 unspecified atom stereocenters. The summed E-state index contributed by atoms with van der Waals surface area (Å²) in [4.78, 5) is 22.8. The minimum atomic E-state index is -1.06. The molecule has 6 heteroatoms. The standard InChI is InChI=1S/C12H14O6/c1-7(15)9-3-2-4-10(11(9)16)12(17)18-8(5-13)6-14/h2-4,8,13-14,16H,5-6H2,1H3. The van der Waals surface area contributed by atoms with E-state index < -0.39 is 31.0 Å². The molecule has 0 fully saturated rings. The molecule has 0 aliphatic heterocycles. The number of Topliss-reactive ketones (excluding diaryl/α,β-unsaturated/α-hetero) is 1. The highest BCUT2D eigenvalue weighted by molar-refractivity contribution is 6.02. The van der Waals surface area contributed by atoms with E-state index >= 15 is 0 Å². The van der Waals surface area contributed by atoms with Crippen molar-refractivity contribution in [1.82, 2.24) is 0 Å². The maximum Gasteiger partial charge on any atom is 0.342 e. The molecule has 0 aromatic heterocycles. The van der Waals surface area contributed by atoms with E-state index in [9.17, 15) is 14.7 Å². The van der Waals surface area contributed by atoms with Crippen LogP contribution < -0.4 is 0 Å². The lowest BCUT2D eigenvalue weighted by atomic mass is 10.1. The Hall–Kier alpha value is -1.92. The number of phenolic OH excluding ortho intramolecular Hbond substituents is 1. The number of carbonyl (C=O) groups excluding carboxylic acids is 2. The van der Waals surface area contributed by atoms with E-state index in [-0.39, 0.29) is 16.9 Å². The molecule has 0 spiro atoms. The number of aliphatic hydroxyl groups is 2. The van der Waals surface area contributed by atoms with Crippen molar-refractivity contribution in [2.24, 2.45) is 0 Å². The zero-order valence-electron chi connectivity index (χ0n) is 9.79. The number of ketones is 1. The highest BCUT2D eigenvalue weighted by Crippen LogP contribution is 2.23. The van der Waals surface area contributed by atoms with Gasteiger partial charge in [-0.05, 0) is 19.1 Å². The third-order valence-corrected chi connectivity index (χ3v) is 2.32. The van der Waals surface area contributed by atoms with Crippen LogP contribution in [0.25, 0.3) is 0 Å². The van der Waals surface area contributed by atoms with Gasteiger partial charge in [0.05, 0.1) is 18.8 Å². The molecule has 0 aliphatic carbocycles. The molecule has 0 atom stereocenters. The number of para-hydroxylation sites is 1.